The Hall–Kier alpha value is 0.132. The Morgan fingerprint density at radius 3 is 1.43 bits per heavy atom. The summed E-state index contributed by atoms with van der Waals surface area (Å²) in [4.78, 5) is 18.3. The Morgan fingerprint density at radius 1 is 1.00 bits per heavy atom. The Morgan fingerprint density at radius 2 is 1.29 bits per heavy atom. The maximum absolute atomic E-state index is 9.17. The summed E-state index contributed by atoms with van der Waals surface area (Å²) in [6.45, 7) is 0. The van der Waals surface area contributed by atoms with Crippen molar-refractivity contribution in [3.8, 4) is 0 Å². The van der Waals surface area contributed by atoms with Gasteiger partial charge < -0.3 is 21.7 Å². The predicted molar refractivity (Wildman–Crippen MR) is 20.5 cm³/mol. The first-order chi connectivity index (χ1) is 2.91. The molecule has 0 saturated carbocycles. The van der Waals surface area contributed by atoms with Crippen LogP contribution in [-0.4, -0.2) is 12.6 Å². The van der Waals surface area contributed by atoms with Gasteiger partial charge in [0.15, 0.2) is 0 Å². The molecule has 36 valence electrons. The van der Waals surface area contributed by atoms with Crippen LogP contribution in [0.4, 0.5) is 0 Å². The van der Waals surface area contributed by atoms with Crippen molar-refractivity contribution in [2.75, 3.05) is 0 Å². The van der Waals surface area contributed by atoms with Crippen molar-refractivity contribution in [1.29, 1.82) is 0 Å². The van der Waals surface area contributed by atoms with Gasteiger partial charge in [-0.05, 0) is 0 Å². The van der Waals surface area contributed by atoms with Crippen molar-refractivity contribution >= 4 is 12.6 Å². The zero-order chi connectivity index (χ0) is 4.83. The van der Waals surface area contributed by atoms with Gasteiger partial charge in [0.1, 0.15) is 0 Å². The Kier molecular flexibility index (Phi) is 13.8. The quantitative estimate of drug-likeness (QED) is 0.520. The van der Waals surface area contributed by atoms with E-state index in [0.29, 0.717) is 0 Å². The van der Waals surface area contributed by atoms with E-state index >= 15 is 0 Å². The second-order valence-corrected chi connectivity index (χ2v) is 0.569. The molecular weight excluding hydrogens is 318 g/mol. The average Bonchev–Trinajstić information content (AvgIpc) is 1.61. The molecule has 0 N–H and O–H groups in total. The van der Waals surface area contributed by atoms with Gasteiger partial charge in [0.25, 0.3) is 0 Å². The van der Waals surface area contributed by atoms with Crippen molar-refractivity contribution in [2.24, 2.45) is 0 Å². The van der Waals surface area contributed by atoms with E-state index in [1.165, 1.54) is 12.6 Å². The second-order valence-electron chi connectivity index (χ2n) is 0.569. The maximum atomic E-state index is 9.17. The molecule has 0 heterocycles. The topological polar surface area (TPSA) is 34.1 Å². The van der Waals surface area contributed by atoms with E-state index in [1.54, 1.807) is 0 Å². The standard InChI is InChI=1S/C4H2O2.U/c5-3-1-2-4-6;/h1-2H;/q-2;. The van der Waals surface area contributed by atoms with Gasteiger partial charge in [-0.2, -0.15) is 0 Å². The van der Waals surface area contributed by atoms with Crippen LogP contribution in [0.15, 0.2) is 12.2 Å². The summed E-state index contributed by atoms with van der Waals surface area (Å²) in [5, 5.41) is 0. The van der Waals surface area contributed by atoms with Crippen molar-refractivity contribution < 1.29 is 40.7 Å². The molecule has 0 radical (unpaired) electrons. The van der Waals surface area contributed by atoms with E-state index in [-0.39, 0.29) is 31.1 Å². The third-order valence-electron chi connectivity index (χ3n) is 0.219. The number of allylic oxidation sites excluding steroid dienone is 2. The van der Waals surface area contributed by atoms with Crippen molar-refractivity contribution in [3.05, 3.63) is 12.2 Å². The van der Waals surface area contributed by atoms with Crippen LogP contribution in [0.1, 0.15) is 0 Å². The van der Waals surface area contributed by atoms with Crippen LogP contribution in [0.5, 0.6) is 0 Å². The fourth-order valence-electron chi connectivity index (χ4n) is 0.0680. The molecule has 0 saturated heterocycles. The smallest absolute Gasteiger partial charge is 0 e. The van der Waals surface area contributed by atoms with Gasteiger partial charge in [0.05, 0.1) is 0 Å². The van der Waals surface area contributed by atoms with Gasteiger partial charge in [-0.25, -0.2) is 0 Å². The molecule has 0 aromatic heterocycles. The summed E-state index contributed by atoms with van der Waals surface area (Å²) in [6, 6.07) is 0. The van der Waals surface area contributed by atoms with Crippen LogP contribution in [0.2, 0.25) is 0 Å². The van der Waals surface area contributed by atoms with Crippen LogP contribution < -0.4 is 0 Å². The van der Waals surface area contributed by atoms with E-state index in [1.807, 2.05) is 0 Å². The minimum absolute atomic E-state index is 0. The Bertz CT molecular complexity index is 67.8. The fourth-order valence-corrected chi connectivity index (χ4v) is 0.0680. The van der Waals surface area contributed by atoms with Crippen LogP contribution in [0.25, 0.3) is 0 Å². The number of hydrogen-bond donors (Lipinski definition) is 0. The van der Waals surface area contributed by atoms with E-state index in [0.717, 1.165) is 12.2 Å². The largest absolute Gasteiger partial charge is 0.440 e. The fraction of sp³-hybridized carbons (Fsp3) is 0. The zero-order valence-corrected chi connectivity index (χ0v) is 7.63. The molecule has 0 aliphatic rings. The maximum Gasteiger partial charge on any atom is 0 e. The van der Waals surface area contributed by atoms with Gasteiger partial charge in [-0.3, -0.25) is 0 Å². The molecule has 0 rings (SSSR count). The summed E-state index contributed by atoms with van der Waals surface area (Å²) < 4.78 is 0. The molecule has 3 heteroatoms. The van der Waals surface area contributed by atoms with Gasteiger partial charge in [0, 0.05) is 31.1 Å². The molecule has 7 heavy (non-hydrogen) atoms. The molecule has 0 aliphatic carbocycles. The van der Waals surface area contributed by atoms with Crippen LogP contribution in [0.3, 0.4) is 0 Å². The number of carbonyl (C=O) groups excluding carboxylic acids is 2. The van der Waals surface area contributed by atoms with Gasteiger partial charge in [-0.15, -0.1) is 12.6 Å². The second kappa shape index (κ2) is 9.46. The summed E-state index contributed by atoms with van der Waals surface area (Å²) in [7, 11) is 0. The van der Waals surface area contributed by atoms with E-state index in [2.05, 4.69) is 0 Å². The molecule has 0 aromatic rings. The molecule has 0 fully saturated rings. The number of rotatable bonds is 2. The normalized spacial score (nSPS) is 7.43. The van der Waals surface area contributed by atoms with E-state index in [9.17, 15) is 9.59 Å². The predicted octanol–water partition coefficient (Wildman–Crippen LogP) is -0.238. The zero-order valence-electron chi connectivity index (χ0n) is 3.47. The molecular formula is C4H2O2U-2. The van der Waals surface area contributed by atoms with Crippen molar-refractivity contribution in [3.63, 3.8) is 0 Å². The molecule has 2 nitrogen and oxygen atoms in total. The molecule has 0 amide bonds. The average molecular weight is 320 g/mol. The van der Waals surface area contributed by atoms with Gasteiger partial charge >= 0.3 is 0 Å². The van der Waals surface area contributed by atoms with Crippen molar-refractivity contribution in [2.45, 2.75) is 0 Å². The molecule has 0 unspecified atom stereocenters. The SMILES string of the molecule is O=[C-]C=C[C-]=O.[U]. The third kappa shape index (κ3) is 10.7. The van der Waals surface area contributed by atoms with Crippen molar-refractivity contribution in [1.82, 2.24) is 0 Å². The molecule has 0 spiro atoms. The van der Waals surface area contributed by atoms with Gasteiger partial charge in [-0.1, -0.05) is 0 Å². The minimum atomic E-state index is 0. The summed E-state index contributed by atoms with van der Waals surface area (Å²) in [6.07, 6.45) is 4.65. The number of hydrogen-bond acceptors (Lipinski definition) is 2. The molecule has 0 bridgehead atoms. The molecule has 0 aliphatic heterocycles. The first-order valence-electron chi connectivity index (χ1n) is 1.32. The van der Waals surface area contributed by atoms with E-state index in [4.69, 9.17) is 0 Å². The van der Waals surface area contributed by atoms with E-state index < -0.39 is 0 Å². The minimum Gasteiger partial charge on any atom is -0.440 e. The third-order valence-corrected chi connectivity index (χ3v) is 0.219. The molecule has 0 aromatic carbocycles. The van der Waals surface area contributed by atoms with Crippen LogP contribution in [0, 0.1) is 31.1 Å². The van der Waals surface area contributed by atoms with Crippen LogP contribution >= 0.6 is 0 Å². The Balaban J connectivity index is 0. The Labute approximate surface area is 65.3 Å². The summed E-state index contributed by atoms with van der Waals surface area (Å²) in [5.74, 6) is 0. The van der Waals surface area contributed by atoms with Crippen LogP contribution in [-0.2, 0) is 9.59 Å². The first-order valence-corrected chi connectivity index (χ1v) is 1.32. The first kappa shape index (κ1) is 10.2. The molecule has 0 atom stereocenters. The monoisotopic (exact) mass is 320 g/mol. The van der Waals surface area contributed by atoms with Gasteiger partial charge in [0.2, 0.25) is 0 Å². The summed E-state index contributed by atoms with van der Waals surface area (Å²) in [5.41, 5.74) is 0. The summed E-state index contributed by atoms with van der Waals surface area (Å²) >= 11 is 0.